The lowest BCUT2D eigenvalue weighted by Gasteiger charge is -2.43. The minimum Gasteiger partial charge on any atom is -0.369 e. The van der Waals surface area contributed by atoms with Gasteiger partial charge in [-0.3, -0.25) is 9.79 Å². The Kier molecular flexibility index (Phi) is 9.47. The minimum atomic E-state index is -0.617. The predicted molar refractivity (Wildman–Crippen MR) is 108 cm³/mol. The molecule has 0 spiro atoms. The summed E-state index contributed by atoms with van der Waals surface area (Å²) in [5.74, 6) is 1.18. The van der Waals surface area contributed by atoms with E-state index < -0.39 is 5.41 Å². The highest BCUT2D eigenvalue weighted by atomic mass is 127. The van der Waals surface area contributed by atoms with Gasteiger partial charge in [0.1, 0.15) is 0 Å². The molecule has 136 valence electrons. The summed E-state index contributed by atoms with van der Waals surface area (Å²) in [6.07, 6.45) is 5.18. The van der Waals surface area contributed by atoms with Crippen LogP contribution in [0.4, 0.5) is 0 Å². The quantitative estimate of drug-likeness (QED) is 0.310. The monoisotopic (exact) mass is 438 g/mol. The van der Waals surface area contributed by atoms with Gasteiger partial charge in [-0.1, -0.05) is 20.3 Å². The Hall–Kier alpha value is -0.530. The first-order valence-electron chi connectivity index (χ1n) is 8.53. The maximum absolute atomic E-state index is 11.4. The van der Waals surface area contributed by atoms with Crippen LogP contribution in [0.2, 0.25) is 0 Å². The molecule has 1 fully saturated rings. The Morgan fingerprint density at radius 2 is 1.91 bits per heavy atom. The topological polar surface area (TPSA) is 79.5 Å². The minimum absolute atomic E-state index is 0. The van der Waals surface area contributed by atoms with Crippen molar-refractivity contribution in [1.29, 1.82) is 0 Å². The summed E-state index contributed by atoms with van der Waals surface area (Å²) < 4.78 is 0. The molecule has 5 nitrogen and oxygen atoms in total. The molecule has 0 heterocycles. The van der Waals surface area contributed by atoms with Crippen molar-refractivity contribution in [2.24, 2.45) is 27.5 Å². The van der Waals surface area contributed by atoms with Gasteiger partial charge in [0.25, 0.3) is 0 Å². The number of nitrogens with one attached hydrogen (secondary N) is 2. The molecule has 0 bridgehead atoms. The molecule has 1 rings (SSSR count). The lowest BCUT2D eigenvalue weighted by atomic mass is 9.64. The number of hydrogen-bond acceptors (Lipinski definition) is 2. The van der Waals surface area contributed by atoms with Crippen LogP contribution in [0.5, 0.6) is 0 Å². The van der Waals surface area contributed by atoms with E-state index in [1.165, 1.54) is 25.7 Å². The molecule has 1 aliphatic rings. The van der Waals surface area contributed by atoms with Crippen LogP contribution in [0.25, 0.3) is 0 Å². The van der Waals surface area contributed by atoms with Gasteiger partial charge in [-0.05, 0) is 51.4 Å². The van der Waals surface area contributed by atoms with Crippen LogP contribution in [-0.4, -0.2) is 31.5 Å². The van der Waals surface area contributed by atoms with E-state index in [1.54, 1.807) is 0 Å². The van der Waals surface area contributed by atoms with Gasteiger partial charge < -0.3 is 16.4 Å². The van der Waals surface area contributed by atoms with Gasteiger partial charge >= 0.3 is 0 Å². The lowest BCUT2D eigenvalue weighted by molar-refractivity contribution is -0.125. The van der Waals surface area contributed by atoms with Crippen molar-refractivity contribution in [2.45, 2.75) is 60.3 Å². The third-order valence-corrected chi connectivity index (χ3v) is 4.53. The van der Waals surface area contributed by atoms with Crippen molar-refractivity contribution in [1.82, 2.24) is 10.6 Å². The maximum Gasteiger partial charge on any atom is 0.224 e. The molecule has 0 saturated heterocycles. The van der Waals surface area contributed by atoms with E-state index in [0.29, 0.717) is 12.0 Å². The molecular weight excluding hydrogens is 403 g/mol. The molecular formula is C17H35IN4O. The normalized spacial score (nSPS) is 17.2. The average molecular weight is 438 g/mol. The van der Waals surface area contributed by atoms with E-state index >= 15 is 0 Å². The zero-order valence-corrected chi connectivity index (χ0v) is 17.7. The number of halogens is 1. The highest BCUT2D eigenvalue weighted by Gasteiger charge is 2.37. The standard InChI is InChI=1S/C17H34N4O.HI/c1-6-19-15(20-11-16(4,5)14(18)22)21-12-17(8-7-9-17)10-13(2)3;/h13H,6-12H2,1-5H3,(H2,18,22)(H2,19,20,21);1H. The molecule has 1 amide bonds. The number of carbonyl (C=O) groups is 1. The second-order valence-corrected chi connectivity index (χ2v) is 7.75. The van der Waals surface area contributed by atoms with E-state index in [-0.39, 0.29) is 29.9 Å². The lowest BCUT2D eigenvalue weighted by Crippen LogP contribution is -2.47. The van der Waals surface area contributed by atoms with Crippen LogP contribution in [0.1, 0.15) is 60.3 Å². The second-order valence-electron chi connectivity index (χ2n) is 7.75. The number of nitrogens with two attached hydrogens (primary N) is 1. The first-order chi connectivity index (χ1) is 10.2. The molecule has 1 saturated carbocycles. The number of carbonyl (C=O) groups excluding carboxylic acids is 1. The van der Waals surface area contributed by atoms with E-state index in [0.717, 1.165) is 25.0 Å². The van der Waals surface area contributed by atoms with E-state index in [4.69, 9.17) is 5.73 Å². The van der Waals surface area contributed by atoms with Crippen LogP contribution in [0.3, 0.4) is 0 Å². The Bertz CT molecular complexity index is 403. The van der Waals surface area contributed by atoms with Crippen LogP contribution >= 0.6 is 24.0 Å². The first-order valence-corrected chi connectivity index (χ1v) is 8.53. The number of rotatable bonds is 8. The van der Waals surface area contributed by atoms with E-state index in [2.05, 4.69) is 29.5 Å². The smallest absolute Gasteiger partial charge is 0.224 e. The second kappa shape index (κ2) is 9.69. The fourth-order valence-electron chi connectivity index (χ4n) is 2.96. The van der Waals surface area contributed by atoms with Crippen LogP contribution < -0.4 is 16.4 Å². The highest BCUT2D eigenvalue weighted by Crippen LogP contribution is 2.45. The van der Waals surface area contributed by atoms with Crippen molar-refractivity contribution in [3.05, 3.63) is 0 Å². The molecule has 0 unspecified atom stereocenters. The molecule has 6 heteroatoms. The Balaban J connectivity index is 0.00000484. The molecule has 0 radical (unpaired) electrons. The molecule has 23 heavy (non-hydrogen) atoms. The van der Waals surface area contributed by atoms with E-state index in [1.807, 2.05) is 20.8 Å². The van der Waals surface area contributed by atoms with E-state index in [9.17, 15) is 4.79 Å². The van der Waals surface area contributed by atoms with Gasteiger partial charge in [-0.25, -0.2) is 0 Å². The van der Waals surface area contributed by atoms with Gasteiger partial charge in [-0.15, -0.1) is 24.0 Å². The molecule has 0 aliphatic heterocycles. The maximum atomic E-state index is 11.4. The Labute approximate surface area is 158 Å². The first kappa shape index (κ1) is 22.5. The van der Waals surface area contributed by atoms with Crippen molar-refractivity contribution in [3.63, 3.8) is 0 Å². The van der Waals surface area contributed by atoms with Crippen LogP contribution in [0.15, 0.2) is 4.99 Å². The average Bonchev–Trinajstić information content (AvgIpc) is 2.37. The Morgan fingerprint density at radius 3 is 2.30 bits per heavy atom. The van der Waals surface area contributed by atoms with Gasteiger partial charge in [-0.2, -0.15) is 0 Å². The van der Waals surface area contributed by atoms with Gasteiger partial charge in [0.15, 0.2) is 5.96 Å². The van der Waals surface area contributed by atoms with Crippen LogP contribution in [-0.2, 0) is 4.79 Å². The molecule has 0 atom stereocenters. The summed E-state index contributed by atoms with van der Waals surface area (Å²) in [6.45, 7) is 12.4. The number of hydrogen-bond donors (Lipinski definition) is 3. The zero-order chi connectivity index (χ0) is 16.8. The number of aliphatic imine (C=N–C) groups is 1. The fourth-order valence-corrected chi connectivity index (χ4v) is 2.96. The van der Waals surface area contributed by atoms with Gasteiger partial charge in [0, 0.05) is 13.1 Å². The van der Waals surface area contributed by atoms with Crippen LogP contribution in [0, 0.1) is 16.7 Å². The van der Waals surface area contributed by atoms with Gasteiger partial charge in [0.05, 0.1) is 12.0 Å². The largest absolute Gasteiger partial charge is 0.369 e. The third kappa shape index (κ3) is 7.27. The number of amides is 1. The summed E-state index contributed by atoms with van der Waals surface area (Å²) in [5.41, 5.74) is 5.21. The van der Waals surface area contributed by atoms with Crippen molar-refractivity contribution in [2.75, 3.05) is 19.6 Å². The summed E-state index contributed by atoms with van der Waals surface area (Å²) in [6, 6.07) is 0. The summed E-state index contributed by atoms with van der Waals surface area (Å²) >= 11 is 0. The van der Waals surface area contributed by atoms with Crippen molar-refractivity contribution < 1.29 is 4.79 Å². The highest BCUT2D eigenvalue weighted by molar-refractivity contribution is 14.0. The number of guanidine groups is 1. The Morgan fingerprint density at radius 1 is 1.30 bits per heavy atom. The molecule has 1 aliphatic carbocycles. The summed E-state index contributed by atoms with van der Waals surface area (Å²) in [5, 5.41) is 6.72. The van der Waals surface area contributed by atoms with Crippen molar-refractivity contribution >= 4 is 35.8 Å². The number of primary amides is 1. The van der Waals surface area contributed by atoms with Crippen molar-refractivity contribution in [3.8, 4) is 0 Å². The molecule has 0 aromatic heterocycles. The molecule has 4 N–H and O–H groups in total. The fraction of sp³-hybridized carbons (Fsp3) is 0.882. The molecule has 0 aromatic carbocycles. The zero-order valence-electron chi connectivity index (χ0n) is 15.4. The SMILES string of the molecule is CCNC(=NCC(C)(C)C(N)=O)NCC1(CC(C)C)CCC1.I. The van der Waals surface area contributed by atoms with Gasteiger partial charge in [0.2, 0.25) is 5.91 Å². The third-order valence-electron chi connectivity index (χ3n) is 4.53. The summed E-state index contributed by atoms with van der Waals surface area (Å²) in [4.78, 5) is 15.9. The molecule has 0 aromatic rings. The predicted octanol–water partition coefficient (Wildman–Crippen LogP) is 2.89. The summed E-state index contributed by atoms with van der Waals surface area (Å²) in [7, 11) is 0. The number of nitrogens with zero attached hydrogens (tertiary/aromatic N) is 1.